The molecule has 4 N–H and O–H groups in total. The molecule has 0 bridgehead atoms. The maximum atomic E-state index is 13.0. The minimum atomic E-state index is -1.70. The number of carbonyl (C=O) groups is 2. The molecule has 1 aromatic carbocycles. The molecular formula is C23H35BN4O4. The van der Waals surface area contributed by atoms with Crippen LogP contribution in [-0.4, -0.2) is 59.1 Å². The van der Waals surface area contributed by atoms with Crippen LogP contribution in [0.1, 0.15) is 45.6 Å². The van der Waals surface area contributed by atoms with Crippen molar-refractivity contribution in [2.75, 3.05) is 13.1 Å². The number of carbonyl (C=O) groups excluding carboxylic acids is 2. The summed E-state index contributed by atoms with van der Waals surface area (Å²) in [7, 11) is -1.70. The predicted molar refractivity (Wildman–Crippen MR) is 123 cm³/mol. The van der Waals surface area contributed by atoms with Gasteiger partial charge in [-0.25, -0.2) is 4.79 Å². The Morgan fingerprint density at radius 2 is 1.94 bits per heavy atom. The average molecular weight is 442 g/mol. The van der Waals surface area contributed by atoms with Crippen molar-refractivity contribution < 1.29 is 19.6 Å². The number of amides is 3. The van der Waals surface area contributed by atoms with E-state index in [1.54, 1.807) is 4.90 Å². The fourth-order valence-electron chi connectivity index (χ4n) is 4.35. The van der Waals surface area contributed by atoms with E-state index in [-0.39, 0.29) is 30.8 Å². The van der Waals surface area contributed by atoms with Crippen molar-refractivity contribution in [1.82, 2.24) is 15.5 Å². The number of hydrogen-bond acceptors (Lipinski definition) is 5. The third-order valence-corrected chi connectivity index (χ3v) is 5.95. The molecule has 1 fully saturated rings. The molecule has 1 aliphatic rings. The number of benzene rings is 1. The highest BCUT2D eigenvalue weighted by molar-refractivity contribution is 6.43. The Bertz CT molecular complexity index is 784. The molecule has 4 atom stereocenters. The first-order chi connectivity index (χ1) is 15.2. The average Bonchev–Trinajstić information content (AvgIpc) is 3.21. The van der Waals surface area contributed by atoms with E-state index in [4.69, 9.17) is 0 Å². The fraction of sp³-hybridized carbons (Fsp3) is 0.609. The molecule has 0 spiro atoms. The summed E-state index contributed by atoms with van der Waals surface area (Å²) >= 11 is 0. The summed E-state index contributed by atoms with van der Waals surface area (Å²) in [4.78, 5) is 27.2. The van der Waals surface area contributed by atoms with Crippen LogP contribution in [0.4, 0.5) is 4.79 Å². The van der Waals surface area contributed by atoms with Crippen LogP contribution >= 0.6 is 0 Å². The van der Waals surface area contributed by atoms with E-state index in [9.17, 15) is 24.9 Å². The maximum Gasteiger partial charge on any atom is 0.475 e. The molecule has 0 saturated carbocycles. The fourth-order valence-corrected chi connectivity index (χ4v) is 4.35. The Kier molecular flexibility index (Phi) is 10.0. The van der Waals surface area contributed by atoms with Gasteiger partial charge >= 0.3 is 13.1 Å². The highest BCUT2D eigenvalue weighted by Gasteiger charge is 2.36. The van der Waals surface area contributed by atoms with Crippen molar-refractivity contribution in [2.24, 2.45) is 17.8 Å². The lowest BCUT2D eigenvalue weighted by atomic mass is 9.76. The zero-order valence-corrected chi connectivity index (χ0v) is 19.2. The molecule has 2 unspecified atom stereocenters. The van der Waals surface area contributed by atoms with Crippen molar-refractivity contribution in [1.29, 1.82) is 5.26 Å². The number of nitrogens with one attached hydrogen (secondary N) is 2. The Balaban J connectivity index is 1.91. The Morgan fingerprint density at radius 3 is 2.53 bits per heavy atom. The highest BCUT2D eigenvalue weighted by atomic mass is 16.4. The smallest absolute Gasteiger partial charge is 0.426 e. The summed E-state index contributed by atoms with van der Waals surface area (Å²) in [5.41, 5.74) is 0.872. The van der Waals surface area contributed by atoms with Crippen molar-refractivity contribution in [3.8, 4) is 6.07 Å². The Morgan fingerprint density at radius 1 is 1.25 bits per heavy atom. The summed E-state index contributed by atoms with van der Waals surface area (Å²) in [5, 5.41) is 34.2. The molecule has 1 saturated heterocycles. The van der Waals surface area contributed by atoms with Crippen LogP contribution < -0.4 is 10.6 Å². The van der Waals surface area contributed by atoms with Gasteiger partial charge in [0.2, 0.25) is 5.91 Å². The summed E-state index contributed by atoms with van der Waals surface area (Å²) in [6.07, 6.45) is 2.65. The van der Waals surface area contributed by atoms with E-state index < -0.39 is 25.0 Å². The topological polar surface area (TPSA) is 126 Å². The zero-order chi connectivity index (χ0) is 23.7. The number of urea groups is 1. The zero-order valence-electron chi connectivity index (χ0n) is 19.2. The van der Waals surface area contributed by atoms with Gasteiger partial charge in [-0.1, -0.05) is 51.1 Å². The number of nitrogens with zero attached hydrogens (tertiary/aromatic N) is 2. The van der Waals surface area contributed by atoms with Crippen molar-refractivity contribution >= 4 is 19.1 Å². The summed E-state index contributed by atoms with van der Waals surface area (Å²) in [6.45, 7) is 6.91. The van der Waals surface area contributed by atoms with Gasteiger partial charge in [0.25, 0.3) is 0 Å². The minimum Gasteiger partial charge on any atom is -0.426 e. The van der Waals surface area contributed by atoms with E-state index in [0.29, 0.717) is 12.5 Å². The van der Waals surface area contributed by atoms with Gasteiger partial charge in [-0.3, -0.25) is 4.79 Å². The van der Waals surface area contributed by atoms with Gasteiger partial charge in [0.05, 0.1) is 12.0 Å². The van der Waals surface area contributed by atoms with Gasteiger partial charge in [-0.05, 0) is 43.1 Å². The van der Waals surface area contributed by atoms with E-state index >= 15 is 0 Å². The largest absolute Gasteiger partial charge is 0.475 e. The lowest BCUT2D eigenvalue weighted by Crippen LogP contribution is -2.53. The first-order valence-electron chi connectivity index (χ1n) is 11.4. The molecule has 1 aliphatic heterocycles. The molecule has 1 aromatic rings. The summed E-state index contributed by atoms with van der Waals surface area (Å²) < 4.78 is 0. The van der Waals surface area contributed by atoms with Gasteiger partial charge in [-0.15, -0.1) is 0 Å². The molecule has 1 heterocycles. The minimum absolute atomic E-state index is 0.0326. The van der Waals surface area contributed by atoms with E-state index in [2.05, 4.69) is 30.6 Å². The van der Waals surface area contributed by atoms with Gasteiger partial charge in [0.1, 0.15) is 5.92 Å². The van der Waals surface area contributed by atoms with Crippen LogP contribution in [0.3, 0.4) is 0 Å². The number of likely N-dealkylation sites (tertiary alicyclic amines) is 1. The highest BCUT2D eigenvalue weighted by Crippen LogP contribution is 2.26. The predicted octanol–water partition coefficient (Wildman–Crippen LogP) is 1.72. The lowest BCUT2D eigenvalue weighted by molar-refractivity contribution is -0.136. The Labute approximate surface area is 191 Å². The van der Waals surface area contributed by atoms with Crippen LogP contribution in [0, 0.1) is 29.1 Å². The van der Waals surface area contributed by atoms with Crippen LogP contribution in [0.5, 0.6) is 0 Å². The quantitative estimate of drug-likeness (QED) is 0.411. The lowest BCUT2D eigenvalue weighted by Gasteiger charge is -2.29. The third-order valence-electron chi connectivity index (χ3n) is 5.95. The SMILES string of the molecule is CC(C)CC(C)C(C#N)C(=O)N1CCC[C@H]1CNC(=O)N[C@@H](Cc1ccccc1)B(O)O. The molecule has 0 aromatic heterocycles. The monoisotopic (exact) mass is 442 g/mol. The second-order valence-electron chi connectivity index (χ2n) is 9.11. The van der Waals surface area contributed by atoms with Gasteiger partial charge in [-0.2, -0.15) is 5.26 Å². The van der Waals surface area contributed by atoms with Crippen molar-refractivity contribution in [3.63, 3.8) is 0 Å². The normalized spacial score (nSPS) is 18.5. The molecule has 8 nitrogen and oxygen atoms in total. The molecule has 9 heteroatoms. The molecular weight excluding hydrogens is 407 g/mol. The van der Waals surface area contributed by atoms with Crippen LogP contribution in [0.15, 0.2) is 30.3 Å². The molecule has 0 radical (unpaired) electrons. The molecule has 3 amide bonds. The Hall–Kier alpha value is -2.57. The number of rotatable bonds is 10. The van der Waals surface area contributed by atoms with E-state index in [1.807, 2.05) is 37.3 Å². The van der Waals surface area contributed by atoms with Crippen molar-refractivity contribution in [2.45, 2.75) is 58.4 Å². The first-order valence-corrected chi connectivity index (χ1v) is 11.4. The first kappa shape index (κ1) is 25.7. The molecule has 0 aliphatic carbocycles. The molecule has 2 rings (SSSR count). The van der Waals surface area contributed by atoms with E-state index in [0.717, 1.165) is 24.8 Å². The second kappa shape index (κ2) is 12.5. The van der Waals surface area contributed by atoms with Gasteiger partial charge < -0.3 is 25.6 Å². The standard InChI is InChI=1S/C23H35BN4O4/c1-16(2)12-17(3)20(14-25)22(29)28-11-7-10-19(28)15-26-23(30)27-21(24(31)32)13-18-8-5-4-6-9-18/h4-6,8-9,16-17,19-21,31-32H,7,10-13,15H2,1-3H3,(H2,26,27,30)/t17?,19-,20?,21-/m0/s1. The summed E-state index contributed by atoms with van der Waals surface area (Å²) in [5.74, 6) is -1.35. The van der Waals surface area contributed by atoms with Crippen LogP contribution in [-0.2, 0) is 11.2 Å². The summed E-state index contributed by atoms with van der Waals surface area (Å²) in [6, 6.07) is 10.7. The molecule has 174 valence electrons. The van der Waals surface area contributed by atoms with Gasteiger partial charge in [0.15, 0.2) is 0 Å². The third kappa shape index (κ3) is 7.54. The molecule has 32 heavy (non-hydrogen) atoms. The number of hydrogen-bond donors (Lipinski definition) is 4. The van der Waals surface area contributed by atoms with E-state index in [1.165, 1.54) is 0 Å². The van der Waals surface area contributed by atoms with Crippen LogP contribution in [0.25, 0.3) is 0 Å². The van der Waals surface area contributed by atoms with Crippen LogP contribution in [0.2, 0.25) is 0 Å². The number of nitriles is 1. The van der Waals surface area contributed by atoms with Gasteiger partial charge in [0, 0.05) is 19.1 Å². The second-order valence-corrected chi connectivity index (χ2v) is 9.11. The van der Waals surface area contributed by atoms with Crippen molar-refractivity contribution in [3.05, 3.63) is 35.9 Å². The maximum absolute atomic E-state index is 13.0.